The lowest BCUT2D eigenvalue weighted by molar-refractivity contribution is -0.136. The van der Waals surface area contributed by atoms with Crippen LogP contribution < -0.4 is 24.8 Å². The summed E-state index contributed by atoms with van der Waals surface area (Å²) < 4.78 is 15.6. The Morgan fingerprint density at radius 3 is 2.72 bits per heavy atom. The Balaban J connectivity index is 1.60. The fourth-order valence-corrected chi connectivity index (χ4v) is 2.44. The van der Waals surface area contributed by atoms with E-state index < -0.39 is 11.8 Å². The Bertz CT molecular complexity index is 825. The maximum Gasteiger partial charge on any atom is 0.313 e. The van der Waals surface area contributed by atoms with Gasteiger partial charge in [-0.25, -0.2) is 0 Å². The van der Waals surface area contributed by atoms with Crippen molar-refractivity contribution in [2.45, 2.75) is 6.54 Å². The molecular weight excluding hydrogens is 348 g/mol. The molecule has 0 saturated heterocycles. The fourth-order valence-electron chi connectivity index (χ4n) is 2.27. The number of fused-ring (bicyclic) bond motifs is 1. The highest BCUT2D eigenvalue weighted by atomic mass is 35.5. The molecule has 0 fully saturated rings. The van der Waals surface area contributed by atoms with Crippen LogP contribution in [0, 0.1) is 0 Å². The first-order valence-electron chi connectivity index (χ1n) is 7.38. The van der Waals surface area contributed by atoms with Crippen LogP contribution in [0.2, 0.25) is 5.02 Å². The third-order valence-corrected chi connectivity index (χ3v) is 3.74. The van der Waals surface area contributed by atoms with E-state index in [1.807, 2.05) is 0 Å². The van der Waals surface area contributed by atoms with Gasteiger partial charge in [0.2, 0.25) is 6.79 Å². The van der Waals surface area contributed by atoms with Crippen molar-refractivity contribution in [2.75, 3.05) is 19.2 Å². The molecule has 0 saturated carbocycles. The van der Waals surface area contributed by atoms with Crippen molar-refractivity contribution in [3.63, 3.8) is 0 Å². The number of carbonyl (C=O) groups excluding carboxylic acids is 2. The summed E-state index contributed by atoms with van der Waals surface area (Å²) in [7, 11) is 1.46. The maximum atomic E-state index is 12.0. The van der Waals surface area contributed by atoms with Crippen LogP contribution in [0.3, 0.4) is 0 Å². The van der Waals surface area contributed by atoms with Gasteiger partial charge in [0, 0.05) is 11.6 Å². The Morgan fingerprint density at radius 1 is 1.12 bits per heavy atom. The van der Waals surface area contributed by atoms with E-state index in [9.17, 15) is 9.59 Å². The molecular formula is C17H15ClN2O5. The first kappa shape index (κ1) is 16.9. The number of benzene rings is 2. The van der Waals surface area contributed by atoms with E-state index in [2.05, 4.69) is 10.6 Å². The molecule has 0 spiro atoms. The molecule has 0 radical (unpaired) electrons. The smallest absolute Gasteiger partial charge is 0.313 e. The van der Waals surface area contributed by atoms with Gasteiger partial charge in [-0.2, -0.15) is 0 Å². The number of halogens is 1. The maximum absolute atomic E-state index is 12.0. The molecule has 0 bridgehead atoms. The molecule has 0 atom stereocenters. The molecule has 0 unspecified atom stereocenters. The van der Waals surface area contributed by atoms with Crippen molar-refractivity contribution in [1.82, 2.24) is 5.32 Å². The number of hydrogen-bond donors (Lipinski definition) is 2. The highest BCUT2D eigenvalue weighted by Gasteiger charge is 2.17. The molecule has 0 aliphatic carbocycles. The summed E-state index contributed by atoms with van der Waals surface area (Å²) in [5, 5.41) is 5.43. The van der Waals surface area contributed by atoms with Gasteiger partial charge in [0.1, 0.15) is 5.75 Å². The van der Waals surface area contributed by atoms with Crippen molar-refractivity contribution in [1.29, 1.82) is 0 Å². The molecule has 130 valence electrons. The topological polar surface area (TPSA) is 85.9 Å². The van der Waals surface area contributed by atoms with Crippen molar-refractivity contribution in [2.24, 2.45) is 0 Å². The van der Waals surface area contributed by atoms with Gasteiger partial charge in [0.05, 0.1) is 12.8 Å². The minimum Gasteiger partial charge on any atom is -0.495 e. The second kappa shape index (κ2) is 7.31. The van der Waals surface area contributed by atoms with Crippen LogP contribution in [0.15, 0.2) is 36.4 Å². The molecule has 2 aromatic carbocycles. The molecule has 8 heteroatoms. The quantitative estimate of drug-likeness (QED) is 0.815. The van der Waals surface area contributed by atoms with E-state index >= 15 is 0 Å². The Labute approximate surface area is 148 Å². The molecule has 1 heterocycles. The average Bonchev–Trinajstić information content (AvgIpc) is 3.07. The number of amides is 2. The number of ether oxygens (including phenoxy) is 3. The number of carbonyl (C=O) groups is 2. The van der Waals surface area contributed by atoms with Gasteiger partial charge in [-0.3, -0.25) is 9.59 Å². The molecule has 2 amide bonds. The van der Waals surface area contributed by atoms with E-state index in [1.165, 1.54) is 13.2 Å². The van der Waals surface area contributed by atoms with Crippen molar-refractivity contribution in [3.05, 3.63) is 47.0 Å². The predicted molar refractivity (Wildman–Crippen MR) is 91.0 cm³/mol. The lowest BCUT2D eigenvalue weighted by atomic mass is 10.2. The van der Waals surface area contributed by atoms with Crippen molar-refractivity contribution < 1.29 is 23.8 Å². The zero-order valence-electron chi connectivity index (χ0n) is 13.3. The molecule has 2 aromatic rings. The third-order valence-electron chi connectivity index (χ3n) is 3.51. The highest BCUT2D eigenvalue weighted by molar-refractivity contribution is 6.40. The van der Waals surface area contributed by atoms with Crippen LogP contribution in [0.4, 0.5) is 5.69 Å². The number of anilines is 1. The fraction of sp³-hybridized carbons (Fsp3) is 0.176. The number of rotatable bonds is 4. The highest BCUT2D eigenvalue weighted by Crippen LogP contribution is 2.32. The summed E-state index contributed by atoms with van der Waals surface area (Å²) >= 11 is 5.89. The summed E-state index contributed by atoms with van der Waals surface area (Å²) in [4.78, 5) is 24.0. The Kier molecular flexibility index (Phi) is 4.95. The van der Waals surface area contributed by atoms with Crippen LogP contribution >= 0.6 is 11.6 Å². The molecule has 1 aliphatic rings. The van der Waals surface area contributed by atoms with Gasteiger partial charge in [0.25, 0.3) is 0 Å². The van der Waals surface area contributed by atoms with Gasteiger partial charge in [-0.1, -0.05) is 17.7 Å². The van der Waals surface area contributed by atoms with Gasteiger partial charge in [-0.15, -0.1) is 0 Å². The predicted octanol–water partition coefficient (Wildman–Crippen LogP) is 2.33. The van der Waals surface area contributed by atoms with Crippen molar-refractivity contribution >= 4 is 29.1 Å². The third kappa shape index (κ3) is 3.95. The van der Waals surface area contributed by atoms with Gasteiger partial charge in [-0.05, 0) is 35.9 Å². The second-order valence-electron chi connectivity index (χ2n) is 5.17. The number of hydrogen-bond acceptors (Lipinski definition) is 5. The zero-order valence-corrected chi connectivity index (χ0v) is 14.1. The van der Waals surface area contributed by atoms with Crippen LogP contribution in [-0.2, 0) is 16.1 Å². The molecule has 7 nitrogen and oxygen atoms in total. The first-order valence-corrected chi connectivity index (χ1v) is 7.76. The molecule has 3 rings (SSSR count). The Morgan fingerprint density at radius 2 is 1.92 bits per heavy atom. The van der Waals surface area contributed by atoms with Gasteiger partial charge < -0.3 is 24.8 Å². The summed E-state index contributed by atoms with van der Waals surface area (Å²) in [6.45, 7) is 0.352. The van der Waals surface area contributed by atoms with Gasteiger partial charge in [0.15, 0.2) is 11.5 Å². The normalized spacial score (nSPS) is 11.8. The van der Waals surface area contributed by atoms with Crippen LogP contribution in [0.5, 0.6) is 17.2 Å². The summed E-state index contributed by atoms with van der Waals surface area (Å²) in [5.74, 6) is 0.0723. The molecule has 25 heavy (non-hydrogen) atoms. The lowest BCUT2D eigenvalue weighted by Gasteiger charge is -2.11. The standard InChI is InChI=1S/C17H15ClN2O5/c1-23-13-5-3-11(18)7-12(13)20-17(22)16(21)19-8-10-2-4-14-15(6-10)25-9-24-14/h2-7H,8-9H2,1H3,(H,19,21)(H,20,22). The minimum absolute atomic E-state index is 0.176. The van der Waals surface area contributed by atoms with E-state index in [4.69, 9.17) is 25.8 Å². The van der Waals surface area contributed by atoms with Crippen LogP contribution in [-0.4, -0.2) is 25.7 Å². The summed E-state index contributed by atoms with van der Waals surface area (Å²) in [5.41, 5.74) is 1.10. The van der Waals surface area contributed by atoms with Gasteiger partial charge >= 0.3 is 11.8 Å². The minimum atomic E-state index is -0.818. The number of methoxy groups -OCH3 is 1. The van der Waals surface area contributed by atoms with Crippen LogP contribution in [0.25, 0.3) is 0 Å². The monoisotopic (exact) mass is 362 g/mol. The van der Waals surface area contributed by atoms with Crippen molar-refractivity contribution in [3.8, 4) is 17.2 Å². The van der Waals surface area contributed by atoms with E-state index in [-0.39, 0.29) is 13.3 Å². The zero-order chi connectivity index (χ0) is 17.8. The molecule has 0 aromatic heterocycles. The largest absolute Gasteiger partial charge is 0.495 e. The number of nitrogens with one attached hydrogen (secondary N) is 2. The van der Waals surface area contributed by atoms with E-state index in [1.54, 1.807) is 30.3 Å². The van der Waals surface area contributed by atoms with E-state index in [0.717, 1.165) is 5.56 Å². The SMILES string of the molecule is COc1ccc(Cl)cc1NC(=O)C(=O)NCc1ccc2c(c1)OCO2. The molecule has 1 aliphatic heterocycles. The van der Waals surface area contributed by atoms with E-state index in [0.29, 0.717) is 28.0 Å². The summed E-state index contributed by atoms with van der Waals surface area (Å²) in [6, 6.07) is 10.0. The average molecular weight is 363 g/mol. The van der Waals surface area contributed by atoms with Crippen LogP contribution in [0.1, 0.15) is 5.56 Å². The first-order chi connectivity index (χ1) is 12.1. The Hall–Kier alpha value is -2.93. The lowest BCUT2D eigenvalue weighted by Crippen LogP contribution is -2.35. The second-order valence-corrected chi connectivity index (χ2v) is 5.61. The summed E-state index contributed by atoms with van der Waals surface area (Å²) in [6.07, 6.45) is 0. The molecule has 2 N–H and O–H groups in total.